The average Bonchev–Trinajstić information content (AvgIpc) is 3.68. The minimum absolute atomic E-state index is 0.282. The van der Waals surface area contributed by atoms with Crippen LogP contribution >= 0.6 is 0 Å². The maximum absolute atomic E-state index is 11.1. The van der Waals surface area contributed by atoms with Crippen molar-refractivity contribution in [3.8, 4) is 11.5 Å². The minimum Gasteiger partial charge on any atom is -0.493 e. The molecule has 0 saturated carbocycles. The SMILES string of the molecule is O=c1ccc2ccc(OCCC(O)CO)cc2o1.O=c1ccc2ccc(OCCC3CO3)cc2o1. The van der Waals surface area contributed by atoms with Gasteiger partial charge in [-0.1, -0.05) is 0 Å². The van der Waals surface area contributed by atoms with Crippen LogP contribution in [0.1, 0.15) is 12.8 Å². The summed E-state index contributed by atoms with van der Waals surface area (Å²) in [7, 11) is 0. The summed E-state index contributed by atoms with van der Waals surface area (Å²) in [5.74, 6) is 1.27. The molecule has 0 radical (unpaired) electrons. The second kappa shape index (κ2) is 11.7. The summed E-state index contributed by atoms with van der Waals surface area (Å²) < 4.78 is 26.2. The number of rotatable bonds is 9. The van der Waals surface area contributed by atoms with Gasteiger partial charge in [-0.15, -0.1) is 0 Å². The van der Waals surface area contributed by atoms with Gasteiger partial charge in [0.05, 0.1) is 38.6 Å². The van der Waals surface area contributed by atoms with Gasteiger partial charge in [0.2, 0.25) is 0 Å². The van der Waals surface area contributed by atoms with E-state index in [9.17, 15) is 9.59 Å². The molecule has 2 atom stereocenters. The zero-order valence-electron chi connectivity index (χ0n) is 18.9. The number of epoxide rings is 1. The average molecular weight is 482 g/mol. The molecule has 1 aliphatic rings. The third-order valence-corrected chi connectivity index (χ3v) is 5.23. The molecule has 35 heavy (non-hydrogen) atoms. The van der Waals surface area contributed by atoms with E-state index in [0.717, 1.165) is 23.8 Å². The Balaban J connectivity index is 0.000000165. The first kappa shape index (κ1) is 24.5. The lowest BCUT2D eigenvalue weighted by molar-refractivity contribution is 0.0754. The summed E-state index contributed by atoms with van der Waals surface area (Å²) in [5, 5.41) is 19.5. The molecule has 0 spiro atoms. The van der Waals surface area contributed by atoms with E-state index in [-0.39, 0.29) is 18.8 Å². The maximum atomic E-state index is 11.1. The third kappa shape index (κ3) is 7.41. The zero-order chi connectivity index (χ0) is 24.6. The highest BCUT2D eigenvalue weighted by molar-refractivity contribution is 5.78. The number of fused-ring (bicyclic) bond motifs is 2. The molecular formula is C26H26O9. The molecule has 2 aromatic heterocycles. The molecule has 2 N–H and O–H groups in total. The van der Waals surface area contributed by atoms with E-state index in [1.165, 1.54) is 12.1 Å². The molecule has 1 saturated heterocycles. The normalized spacial score (nSPS) is 15.3. The first-order chi connectivity index (χ1) is 17.0. The molecule has 9 nitrogen and oxygen atoms in total. The second-order valence-corrected chi connectivity index (χ2v) is 7.97. The molecule has 1 fully saturated rings. The lowest BCUT2D eigenvalue weighted by Gasteiger charge is -2.09. The fourth-order valence-corrected chi connectivity index (χ4v) is 3.21. The summed E-state index contributed by atoms with van der Waals surface area (Å²) in [4.78, 5) is 22.2. The van der Waals surface area contributed by atoms with E-state index >= 15 is 0 Å². The van der Waals surface area contributed by atoms with E-state index in [4.69, 9.17) is 33.3 Å². The Morgan fingerprint density at radius 1 is 0.829 bits per heavy atom. The van der Waals surface area contributed by atoms with Crippen molar-refractivity contribution >= 4 is 21.9 Å². The smallest absolute Gasteiger partial charge is 0.336 e. The van der Waals surface area contributed by atoms with Crippen molar-refractivity contribution < 1.29 is 33.3 Å². The summed E-state index contributed by atoms with van der Waals surface area (Å²) >= 11 is 0. The van der Waals surface area contributed by atoms with Gasteiger partial charge in [0.15, 0.2) is 0 Å². The third-order valence-electron chi connectivity index (χ3n) is 5.23. The fraction of sp³-hybridized carbons (Fsp3) is 0.308. The van der Waals surface area contributed by atoms with Crippen LogP contribution in [0.4, 0.5) is 0 Å². The van der Waals surface area contributed by atoms with Gasteiger partial charge in [0.1, 0.15) is 22.7 Å². The molecule has 0 aliphatic carbocycles. The van der Waals surface area contributed by atoms with Gasteiger partial charge in [-0.05, 0) is 36.4 Å². The van der Waals surface area contributed by atoms with Gasteiger partial charge in [0, 0.05) is 47.9 Å². The highest BCUT2D eigenvalue weighted by Crippen LogP contribution is 2.21. The summed E-state index contributed by atoms with van der Waals surface area (Å²) in [6.45, 7) is 1.46. The van der Waals surface area contributed by atoms with Crippen LogP contribution in [0.15, 0.2) is 79.1 Å². The summed E-state index contributed by atoms with van der Waals surface area (Å²) in [6.07, 6.45) is 0.834. The molecule has 184 valence electrons. The van der Waals surface area contributed by atoms with Gasteiger partial charge in [0.25, 0.3) is 0 Å². The molecule has 2 aromatic carbocycles. The Hall–Kier alpha value is -3.66. The van der Waals surface area contributed by atoms with E-state index in [0.29, 0.717) is 41.8 Å². The van der Waals surface area contributed by atoms with Crippen molar-refractivity contribution in [1.29, 1.82) is 0 Å². The fourth-order valence-electron chi connectivity index (χ4n) is 3.21. The first-order valence-corrected chi connectivity index (χ1v) is 11.2. The predicted molar refractivity (Wildman–Crippen MR) is 128 cm³/mol. The Morgan fingerprint density at radius 2 is 1.34 bits per heavy atom. The Bertz CT molecular complexity index is 1370. The molecule has 5 rings (SSSR count). The van der Waals surface area contributed by atoms with Crippen LogP contribution in [0.2, 0.25) is 0 Å². The van der Waals surface area contributed by atoms with Gasteiger partial charge in [-0.2, -0.15) is 0 Å². The van der Waals surface area contributed by atoms with Crippen LogP contribution < -0.4 is 20.7 Å². The van der Waals surface area contributed by atoms with Gasteiger partial charge >= 0.3 is 11.3 Å². The molecule has 1 aliphatic heterocycles. The standard InChI is InChI=1S/C13H14O5.C13H12O4/c14-8-10(15)5-6-17-11-3-1-9-2-4-13(16)18-12(9)7-11;14-13-4-2-9-1-3-10(7-12(9)17-13)15-6-5-11-8-16-11/h1-4,7,10,14-15H,5-6,8H2;1-4,7,11H,5-6,8H2. The zero-order valence-corrected chi connectivity index (χ0v) is 18.9. The van der Waals surface area contributed by atoms with Gasteiger partial charge in [-0.3, -0.25) is 0 Å². The molecule has 0 amide bonds. The van der Waals surface area contributed by atoms with Crippen LogP contribution in [0.5, 0.6) is 11.5 Å². The second-order valence-electron chi connectivity index (χ2n) is 7.97. The number of hydrogen-bond acceptors (Lipinski definition) is 9. The molecule has 2 unspecified atom stereocenters. The van der Waals surface area contributed by atoms with Crippen LogP contribution in [-0.2, 0) is 4.74 Å². The largest absolute Gasteiger partial charge is 0.493 e. The van der Waals surface area contributed by atoms with E-state index < -0.39 is 11.7 Å². The van der Waals surface area contributed by atoms with E-state index in [1.54, 1.807) is 36.4 Å². The summed E-state index contributed by atoms with van der Waals surface area (Å²) in [5.41, 5.74) is 0.261. The molecule has 0 bridgehead atoms. The van der Waals surface area contributed by atoms with Crippen molar-refractivity contribution in [3.63, 3.8) is 0 Å². The highest BCUT2D eigenvalue weighted by atomic mass is 16.6. The van der Waals surface area contributed by atoms with Crippen molar-refractivity contribution in [2.45, 2.75) is 25.0 Å². The number of aliphatic hydroxyl groups is 2. The minimum atomic E-state index is -0.775. The molecule has 4 aromatic rings. The molecular weight excluding hydrogens is 456 g/mol. The topological polar surface area (TPSA) is 132 Å². The highest BCUT2D eigenvalue weighted by Gasteiger charge is 2.21. The van der Waals surface area contributed by atoms with Crippen LogP contribution in [0.3, 0.4) is 0 Å². The van der Waals surface area contributed by atoms with Crippen LogP contribution in [0.25, 0.3) is 21.9 Å². The molecule has 3 heterocycles. The van der Waals surface area contributed by atoms with E-state index in [2.05, 4.69) is 0 Å². The van der Waals surface area contributed by atoms with Crippen molar-refractivity contribution in [1.82, 2.24) is 0 Å². The van der Waals surface area contributed by atoms with Crippen molar-refractivity contribution in [2.75, 3.05) is 26.4 Å². The quantitative estimate of drug-likeness (QED) is 0.273. The van der Waals surface area contributed by atoms with Crippen molar-refractivity contribution in [2.24, 2.45) is 0 Å². The lowest BCUT2D eigenvalue weighted by atomic mass is 10.2. The van der Waals surface area contributed by atoms with E-state index in [1.807, 2.05) is 12.1 Å². The maximum Gasteiger partial charge on any atom is 0.336 e. The lowest BCUT2D eigenvalue weighted by Crippen LogP contribution is -2.15. The number of ether oxygens (including phenoxy) is 3. The number of benzene rings is 2. The van der Waals surface area contributed by atoms with Gasteiger partial charge in [-0.25, -0.2) is 9.59 Å². The Labute approximate surface area is 200 Å². The summed E-state index contributed by atoms with van der Waals surface area (Å²) in [6, 6.07) is 16.9. The predicted octanol–water partition coefficient (Wildman–Crippen LogP) is 2.88. The number of hydrogen-bond donors (Lipinski definition) is 2. The van der Waals surface area contributed by atoms with Crippen LogP contribution in [0, 0.1) is 0 Å². The van der Waals surface area contributed by atoms with Crippen LogP contribution in [-0.4, -0.2) is 48.8 Å². The first-order valence-electron chi connectivity index (χ1n) is 11.2. The van der Waals surface area contributed by atoms with Crippen molar-refractivity contribution in [3.05, 3.63) is 81.5 Å². The monoisotopic (exact) mass is 482 g/mol. The molecule has 9 heteroatoms. The van der Waals surface area contributed by atoms with Gasteiger partial charge < -0.3 is 33.3 Å². The Morgan fingerprint density at radius 3 is 1.86 bits per heavy atom. The Kier molecular flexibility index (Phi) is 8.15. The number of aliphatic hydroxyl groups excluding tert-OH is 2.